The normalized spacial score (nSPS) is 28.1. The highest BCUT2D eigenvalue weighted by Crippen LogP contribution is 2.38. The van der Waals surface area contributed by atoms with Crippen LogP contribution in [0.1, 0.15) is 43.7 Å². The van der Waals surface area contributed by atoms with Gasteiger partial charge in [-0.1, -0.05) is 23.7 Å². The summed E-state index contributed by atoms with van der Waals surface area (Å²) in [4.78, 5) is 14.2. The summed E-state index contributed by atoms with van der Waals surface area (Å²) in [5.74, 6) is 0.214. The molecule has 3 heteroatoms. The molecule has 95 valence electrons. The van der Waals surface area contributed by atoms with E-state index in [1.54, 1.807) is 0 Å². The van der Waals surface area contributed by atoms with Crippen molar-refractivity contribution >= 4 is 17.5 Å². The summed E-state index contributed by atoms with van der Waals surface area (Å²) >= 11 is 5.93. The van der Waals surface area contributed by atoms with Crippen LogP contribution in [0.4, 0.5) is 0 Å². The molecule has 2 heterocycles. The van der Waals surface area contributed by atoms with Crippen molar-refractivity contribution in [2.75, 3.05) is 0 Å². The summed E-state index contributed by atoms with van der Waals surface area (Å²) in [7, 11) is 0. The van der Waals surface area contributed by atoms with Gasteiger partial charge >= 0.3 is 0 Å². The molecule has 0 N–H and O–H groups in total. The molecule has 2 saturated heterocycles. The van der Waals surface area contributed by atoms with Gasteiger partial charge < -0.3 is 4.90 Å². The van der Waals surface area contributed by atoms with Crippen LogP contribution < -0.4 is 0 Å². The minimum Gasteiger partial charge on any atom is -0.332 e. The minimum absolute atomic E-state index is 0.214. The van der Waals surface area contributed by atoms with Crippen molar-refractivity contribution in [2.45, 2.75) is 44.2 Å². The van der Waals surface area contributed by atoms with Crippen LogP contribution >= 0.6 is 11.6 Å². The van der Waals surface area contributed by atoms with Gasteiger partial charge in [0.2, 0.25) is 5.91 Å². The minimum atomic E-state index is 0.214. The number of piperidine rings is 2. The maximum atomic E-state index is 12.1. The lowest BCUT2D eigenvalue weighted by atomic mass is 9.86. The Kier molecular flexibility index (Phi) is 3.29. The molecule has 0 saturated carbocycles. The highest BCUT2D eigenvalue weighted by molar-refractivity contribution is 6.30. The monoisotopic (exact) mass is 262 g/mol. The average Bonchev–Trinajstić information content (AvgIpc) is 2.39. The van der Waals surface area contributed by atoms with Crippen LogP contribution in [0.15, 0.2) is 24.3 Å². The van der Waals surface area contributed by atoms with Crippen molar-refractivity contribution in [3.05, 3.63) is 41.3 Å². The van der Waals surface area contributed by atoms with Crippen LogP contribution in [-0.2, 0) is 4.79 Å². The Labute approximate surface area is 113 Å². The maximum absolute atomic E-state index is 12.1. The van der Waals surface area contributed by atoms with E-state index in [4.69, 9.17) is 11.6 Å². The largest absolute Gasteiger partial charge is 0.332 e. The molecule has 18 heavy (non-hydrogen) atoms. The summed E-state index contributed by atoms with van der Waals surface area (Å²) < 4.78 is 0. The maximum Gasteiger partial charge on any atom is 0.227 e. The molecule has 0 aromatic heterocycles. The zero-order valence-corrected chi connectivity index (χ0v) is 11.1. The molecule has 3 rings (SSSR count). The third kappa shape index (κ3) is 2.14. The van der Waals surface area contributed by atoms with Crippen molar-refractivity contribution < 1.29 is 4.79 Å². The quantitative estimate of drug-likeness (QED) is 0.755. The van der Waals surface area contributed by atoms with Gasteiger partial charge in [0.25, 0.3) is 0 Å². The number of rotatable bonds is 1. The molecule has 2 fully saturated rings. The van der Waals surface area contributed by atoms with E-state index in [0.717, 1.165) is 30.7 Å². The van der Waals surface area contributed by atoms with Crippen molar-refractivity contribution in [1.82, 2.24) is 4.90 Å². The number of benzene rings is 1. The van der Waals surface area contributed by atoms with Gasteiger partial charge in [-0.15, -0.1) is 0 Å². The standard InChI is InChI=1S/C15H17ClNO/c16-12-9-7-11(8-10-12)14-5-1-3-13-4-2-6-15(18)17(13)14/h6-10,13-14H,1-5H2. The van der Waals surface area contributed by atoms with E-state index in [-0.39, 0.29) is 11.9 Å². The predicted octanol–water partition coefficient (Wildman–Crippen LogP) is 3.76. The first-order chi connectivity index (χ1) is 8.75. The molecule has 0 bridgehead atoms. The molecule has 0 spiro atoms. The number of nitrogens with zero attached hydrogens (tertiary/aromatic N) is 1. The van der Waals surface area contributed by atoms with E-state index in [9.17, 15) is 4.79 Å². The van der Waals surface area contributed by atoms with Crippen molar-refractivity contribution in [3.8, 4) is 0 Å². The molecular formula is C15H17ClNO. The van der Waals surface area contributed by atoms with Gasteiger partial charge in [-0.2, -0.15) is 0 Å². The molecule has 1 aromatic carbocycles. The lowest BCUT2D eigenvalue weighted by molar-refractivity contribution is -0.137. The second-order valence-corrected chi connectivity index (χ2v) is 5.62. The Bertz CT molecular complexity index is 440. The fraction of sp³-hybridized carbons (Fsp3) is 0.467. The van der Waals surface area contributed by atoms with E-state index >= 15 is 0 Å². The summed E-state index contributed by atoms with van der Waals surface area (Å²) in [6, 6.07) is 8.62. The summed E-state index contributed by atoms with van der Waals surface area (Å²) in [5, 5.41) is 0.752. The first kappa shape index (κ1) is 12.0. The topological polar surface area (TPSA) is 20.3 Å². The van der Waals surface area contributed by atoms with Crippen LogP contribution in [0.25, 0.3) is 0 Å². The second kappa shape index (κ2) is 4.93. The van der Waals surface area contributed by atoms with Gasteiger partial charge in [-0.3, -0.25) is 4.79 Å². The van der Waals surface area contributed by atoms with Crippen LogP contribution in [0.5, 0.6) is 0 Å². The van der Waals surface area contributed by atoms with Crippen LogP contribution in [0.2, 0.25) is 5.02 Å². The van der Waals surface area contributed by atoms with E-state index in [1.165, 1.54) is 12.0 Å². The van der Waals surface area contributed by atoms with Crippen molar-refractivity contribution in [1.29, 1.82) is 0 Å². The Morgan fingerprint density at radius 3 is 2.67 bits per heavy atom. The summed E-state index contributed by atoms with van der Waals surface area (Å²) in [5.41, 5.74) is 1.22. The second-order valence-electron chi connectivity index (χ2n) is 5.18. The zero-order valence-electron chi connectivity index (χ0n) is 10.3. The van der Waals surface area contributed by atoms with Gasteiger partial charge in [0.1, 0.15) is 0 Å². The van der Waals surface area contributed by atoms with E-state index in [0.29, 0.717) is 6.04 Å². The van der Waals surface area contributed by atoms with Crippen LogP contribution in [-0.4, -0.2) is 16.8 Å². The predicted molar refractivity (Wildman–Crippen MR) is 72.2 cm³/mol. The number of amides is 1. The van der Waals surface area contributed by atoms with Crippen molar-refractivity contribution in [2.24, 2.45) is 0 Å². The summed E-state index contributed by atoms with van der Waals surface area (Å²) in [6.07, 6.45) is 7.33. The van der Waals surface area contributed by atoms with E-state index in [1.807, 2.05) is 18.6 Å². The Hall–Kier alpha value is -1.02. The van der Waals surface area contributed by atoms with Gasteiger partial charge in [0.05, 0.1) is 6.04 Å². The third-order valence-electron chi connectivity index (χ3n) is 4.07. The zero-order chi connectivity index (χ0) is 12.5. The van der Waals surface area contributed by atoms with Gasteiger partial charge in [-0.25, -0.2) is 0 Å². The third-order valence-corrected chi connectivity index (χ3v) is 4.32. The van der Waals surface area contributed by atoms with Crippen LogP contribution in [0.3, 0.4) is 0 Å². The average molecular weight is 263 g/mol. The highest BCUT2D eigenvalue weighted by atomic mass is 35.5. The smallest absolute Gasteiger partial charge is 0.227 e. The molecule has 0 aliphatic carbocycles. The molecule has 2 nitrogen and oxygen atoms in total. The van der Waals surface area contributed by atoms with E-state index < -0.39 is 0 Å². The lowest BCUT2D eigenvalue weighted by Crippen LogP contribution is -2.48. The molecule has 2 atom stereocenters. The molecule has 2 unspecified atom stereocenters. The molecule has 1 aromatic rings. The number of hydrogen-bond acceptors (Lipinski definition) is 1. The number of fused-ring (bicyclic) bond motifs is 1. The fourth-order valence-corrected chi connectivity index (χ4v) is 3.34. The van der Waals surface area contributed by atoms with Crippen LogP contribution in [0, 0.1) is 6.42 Å². The Morgan fingerprint density at radius 2 is 1.89 bits per heavy atom. The summed E-state index contributed by atoms with van der Waals surface area (Å²) in [6.45, 7) is 0. The Balaban J connectivity index is 1.89. The Morgan fingerprint density at radius 1 is 1.11 bits per heavy atom. The van der Waals surface area contributed by atoms with E-state index in [2.05, 4.69) is 17.0 Å². The number of carbonyl (C=O) groups is 1. The van der Waals surface area contributed by atoms with Gasteiger partial charge in [0, 0.05) is 17.5 Å². The number of halogens is 1. The van der Waals surface area contributed by atoms with Gasteiger partial charge in [0.15, 0.2) is 0 Å². The number of hydrogen-bond donors (Lipinski definition) is 0. The molecule has 1 radical (unpaired) electrons. The lowest BCUT2D eigenvalue weighted by Gasteiger charge is -2.45. The first-order valence-corrected chi connectivity index (χ1v) is 7.04. The SMILES string of the molecule is O=C1[CH]CCC2CCCC(c3ccc(Cl)cc3)N12. The molecule has 2 aliphatic heterocycles. The molecule has 1 amide bonds. The number of carbonyl (C=O) groups excluding carboxylic acids is 1. The fourth-order valence-electron chi connectivity index (χ4n) is 3.21. The van der Waals surface area contributed by atoms with Crippen molar-refractivity contribution in [3.63, 3.8) is 0 Å². The molecule has 2 aliphatic rings. The molecular weight excluding hydrogens is 246 g/mol. The van der Waals surface area contributed by atoms with Gasteiger partial charge in [-0.05, 0) is 49.8 Å². The first-order valence-electron chi connectivity index (χ1n) is 6.66. The highest BCUT2D eigenvalue weighted by Gasteiger charge is 2.37.